The van der Waals surface area contributed by atoms with E-state index >= 15 is 0 Å². The van der Waals surface area contributed by atoms with Gasteiger partial charge in [-0.2, -0.15) is 5.10 Å². The van der Waals surface area contributed by atoms with Crippen molar-refractivity contribution in [3.8, 4) is 0 Å². The van der Waals surface area contributed by atoms with E-state index < -0.39 is 0 Å². The average molecular weight is 290 g/mol. The molecular formula is C10H16BrN3O2. The number of nitrogens with zero attached hydrogens (tertiary/aromatic N) is 3. The van der Waals surface area contributed by atoms with Crippen LogP contribution in [0.3, 0.4) is 0 Å². The van der Waals surface area contributed by atoms with Crippen molar-refractivity contribution >= 4 is 21.6 Å². The van der Waals surface area contributed by atoms with Gasteiger partial charge in [0, 0.05) is 17.8 Å². The van der Waals surface area contributed by atoms with Gasteiger partial charge in [0.1, 0.15) is 11.4 Å². The number of rotatable bonds is 5. The quantitative estimate of drug-likeness (QED) is 0.476. The Balaban J connectivity index is 3.19. The summed E-state index contributed by atoms with van der Waals surface area (Å²) >= 11 is 3.43. The van der Waals surface area contributed by atoms with Gasteiger partial charge in [0.05, 0.1) is 4.92 Å². The number of hydrogen-bond acceptors (Lipinski definition) is 3. The second-order valence-electron chi connectivity index (χ2n) is 3.85. The number of hydrogen-bond donors (Lipinski definition) is 0. The minimum absolute atomic E-state index is 0.166. The average Bonchev–Trinajstić information content (AvgIpc) is 2.42. The Morgan fingerprint density at radius 2 is 2.25 bits per heavy atom. The van der Waals surface area contributed by atoms with Crippen LogP contribution >= 0.6 is 15.9 Å². The SMILES string of the molecule is CCCn1nc(C)c([N+](=O)[O-])c1CC(C)Br. The third-order valence-corrected chi connectivity index (χ3v) is 2.61. The van der Waals surface area contributed by atoms with Crippen LogP contribution in [0.5, 0.6) is 0 Å². The molecule has 0 fully saturated rings. The summed E-state index contributed by atoms with van der Waals surface area (Å²) in [6, 6.07) is 0. The van der Waals surface area contributed by atoms with Crippen molar-refractivity contribution in [1.82, 2.24) is 9.78 Å². The van der Waals surface area contributed by atoms with Crippen LogP contribution in [0, 0.1) is 17.0 Å². The molecule has 0 spiro atoms. The Bertz CT molecular complexity index is 388. The van der Waals surface area contributed by atoms with Crippen molar-refractivity contribution in [1.29, 1.82) is 0 Å². The normalized spacial score (nSPS) is 12.8. The highest BCUT2D eigenvalue weighted by Gasteiger charge is 2.25. The number of halogens is 1. The lowest BCUT2D eigenvalue weighted by atomic mass is 10.2. The van der Waals surface area contributed by atoms with Crippen molar-refractivity contribution in [2.24, 2.45) is 0 Å². The highest BCUT2D eigenvalue weighted by molar-refractivity contribution is 9.09. The lowest BCUT2D eigenvalue weighted by Gasteiger charge is -2.06. The Morgan fingerprint density at radius 1 is 1.62 bits per heavy atom. The zero-order valence-corrected chi connectivity index (χ0v) is 11.3. The first kappa shape index (κ1) is 13.2. The van der Waals surface area contributed by atoms with Crippen molar-refractivity contribution in [2.75, 3.05) is 0 Å². The highest BCUT2D eigenvalue weighted by Crippen LogP contribution is 2.25. The highest BCUT2D eigenvalue weighted by atomic mass is 79.9. The summed E-state index contributed by atoms with van der Waals surface area (Å²) in [6.07, 6.45) is 1.54. The second-order valence-corrected chi connectivity index (χ2v) is 5.41. The van der Waals surface area contributed by atoms with E-state index in [1.54, 1.807) is 11.6 Å². The Morgan fingerprint density at radius 3 is 2.69 bits per heavy atom. The van der Waals surface area contributed by atoms with E-state index in [-0.39, 0.29) is 15.4 Å². The first-order valence-corrected chi connectivity index (χ1v) is 6.23. The van der Waals surface area contributed by atoms with E-state index in [1.165, 1.54) is 0 Å². The summed E-state index contributed by atoms with van der Waals surface area (Å²) in [6.45, 7) is 6.42. The second kappa shape index (κ2) is 5.43. The molecule has 1 rings (SSSR count). The van der Waals surface area contributed by atoms with E-state index in [2.05, 4.69) is 21.0 Å². The Labute approximate surface area is 103 Å². The molecular weight excluding hydrogens is 274 g/mol. The van der Waals surface area contributed by atoms with Gasteiger partial charge in [0.25, 0.3) is 0 Å². The largest absolute Gasteiger partial charge is 0.313 e. The first-order chi connectivity index (χ1) is 7.47. The van der Waals surface area contributed by atoms with Crippen LogP contribution in [-0.4, -0.2) is 19.5 Å². The molecule has 0 saturated carbocycles. The molecule has 0 aliphatic carbocycles. The van der Waals surface area contributed by atoms with Crippen LogP contribution < -0.4 is 0 Å². The number of alkyl halides is 1. The van der Waals surface area contributed by atoms with Crippen molar-refractivity contribution in [3.05, 3.63) is 21.5 Å². The van der Waals surface area contributed by atoms with Gasteiger partial charge in [0.2, 0.25) is 0 Å². The van der Waals surface area contributed by atoms with Crippen LogP contribution in [0.4, 0.5) is 5.69 Å². The molecule has 0 radical (unpaired) electrons. The number of aromatic nitrogens is 2. The van der Waals surface area contributed by atoms with Gasteiger partial charge in [0.15, 0.2) is 0 Å². The predicted molar refractivity (Wildman–Crippen MR) is 66.0 cm³/mol. The maximum absolute atomic E-state index is 11.0. The molecule has 0 aliphatic rings. The molecule has 16 heavy (non-hydrogen) atoms. The summed E-state index contributed by atoms with van der Waals surface area (Å²) in [5.41, 5.74) is 1.38. The molecule has 1 atom stereocenters. The fourth-order valence-corrected chi connectivity index (χ4v) is 2.03. The molecule has 6 heteroatoms. The van der Waals surface area contributed by atoms with Gasteiger partial charge in [-0.3, -0.25) is 14.8 Å². The van der Waals surface area contributed by atoms with E-state index in [0.717, 1.165) is 13.0 Å². The number of aryl methyl sites for hydroxylation is 2. The molecule has 1 unspecified atom stereocenters. The molecule has 0 amide bonds. The molecule has 1 heterocycles. The third kappa shape index (κ3) is 2.81. The first-order valence-electron chi connectivity index (χ1n) is 5.32. The lowest BCUT2D eigenvalue weighted by molar-refractivity contribution is -0.386. The Kier molecular flexibility index (Phi) is 4.46. The third-order valence-electron chi connectivity index (χ3n) is 2.29. The molecule has 1 aromatic rings. The van der Waals surface area contributed by atoms with E-state index in [9.17, 15) is 10.1 Å². The maximum Gasteiger partial charge on any atom is 0.313 e. The van der Waals surface area contributed by atoms with Gasteiger partial charge in [-0.15, -0.1) is 0 Å². The molecule has 90 valence electrons. The van der Waals surface area contributed by atoms with Gasteiger partial charge in [-0.05, 0) is 13.3 Å². The van der Waals surface area contributed by atoms with Gasteiger partial charge in [-0.25, -0.2) is 0 Å². The molecule has 0 saturated heterocycles. The number of nitro groups is 1. The van der Waals surface area contributed by atoms with Crippen LogP contribution in [0.15, 0.2) is 0 Å². The summed E-state index contributed by atoms with van der Waals surface area (Å²) in [7, 11) is 0. The molecule has 0 bridgehead atoms. The standard InChI is InChI=1S/C10H16BrN3O2/c1-4-5-13-9(6-7(2)11)10(14(15)16)8(3)12-13/h7H,4-6H2,1-3H3. The molecule has 0 aliphatic heterocycles. The van der Waals surface area contributed by atoms with E-state index in [1.807, 2.05) is 13.8 Å². The topological polar surface area (TPSA) is 61.0 Å². The fourth-order valence-electron chi connectivity index (χ4n) is 1.72. The maximum atomic E-state index is 11.0. The van der Waals surface area contributed by atoms with E-state index in [4.69, 9.17) is 0 Å². The predicted octanol–water partition coefficient (Wildman–Crippen LogP) is 2.84. The monoisotopic (exact) mass is 289 g/mol. The molecule has 0 aromatic carbocycles. The summed E-state index contributed by atoms with van der Waals surface area (Å²) in [5, 5.41) is 15.2. The minimum Gasteiger partial charge on any atom is -0.262 e. The van der Waals surface area contributed by atoms with Gasteiger partial charge >= 0.3 is 5.69 Å². The van der Waals surface area contributed by atoms with Crippen molar-refractivity contribution < 1.29 is 4.92 Å². The van der Waals surface area contributed by atoms with Crippen LogP contribution in [-0.2, 0) is 13.0 Å². The zero-order chi connectivity index (χ0) is 12.3. The smallest absolute Gasteiger partial charge is 0.262 e. The molecule has 0 N–H and O–H groups in total. The molecule has 5 nitrogen and oxygen atoms in total. The summed E-state index contributed by atoms with van der Waals surface area (Å²) in [4.78, 5) is 10.9. The summed E-state index contributed by atoms with van der Waals surface area (Å²) in [5.74, 6) is 0. The van der Waals surface area contributed by atoms with Gasteiger partial charge < -0.3 is 0 Å². The van der Waals surface area contributed by atoms with Crippen molar-refractivity contribution in [2.45, 2.75) is 45.0 Å². The van der Waals surface area contributed by atoms with Gasteiger partial charge in [-0.1, -0.05) is 29.8 Å². The lowest BCUT2D eigenvalue weighted by Crippen LogP contribution is -2.09. The molecule has 1 aromatic heterocycles. The van der Waals surface area contributed by atoms with E-state index in [0.29, 0.717) is 17.8 Å². The van der Waals surface area contributed by atoms with Crippen LogP contribution in [0.25, 0.3) is 0 Å². The summed E-state index contributed by atoms with van der Waals surface area (Å²) < 4.78 is 1.76. The Hall–Kier alpha value is -0.910. The minimum atomic E-state index is -0.334. The zero-order valence-electron chi connectivity index (χ0n) is 9.73. The fraction of sp³-hybridized carbons (Fsp3) is 0.700. The van der Waals surface area contributed by atoms with Crippen LogP contribution in [0.1, 0.15) is 31.7 Å². The van der Waals surface area contributed by atoms with Crippen LogP contribution in [0.2, 0.25) is 0 Å². The van der Waals surface area contributed by atoms with Crippen molar-refractivity contribution in [3.63, 3.8) is 0 Å².